The Labute approximate surface area is 165 Å². The van der Waals surface area contributed by atoms with Gasteiger partial charge in [0, 0.05) is 23.2 Å². The largest absolute Gasteiger partial charge is 0.449 e. The maximum Gasteiger partial charge on any atom is 0.331 e. The summed E-state index contributed by atoms with van der Waals surface area (Å²) in [4.78, 5) is 28.5. The van der Waals surface area contributed by atoms with Gasteiger partial charge in [0.1, 0.15) is 5.82 Å². The van der Waals surface area contributed by atoms with E-state index in [1.54, 1.807) is 12.3 Å². The van der Waals surface area contributed by atoms with Crippen molar-refractivity contribution in [2.45, 2.75) is 13.0 Å². The van der Waals surface area contributed by atoms with E-state index in [9.17, 15) is 14.0 Å². The molecule has 1 atom stereocenters. The van der Waals surface area contributed by atoms with E-state index in [0.717, 1.165) is 22.5 Å². The highest BCUT2D eigenvalue weighted by atomic mass is 35.5. The normalized spacial score (nSPS) is 12.1. The number of halogens is 2. The van der Waals surface area contributed by atoms with Crippen molar-refractivity contribution >= 4 is 46.1 Å². The van der Waals surface area contributed by atoms with Crippen LogP contribution < -0.4 is 5.32 Å². The second-order valence-corrected chi connectivity index (χ2v) is 6.36. The standard InChI is InChI=1S/C21H16ClFN2O3/c1-13(21(27)25-18-9-8-16(23)12-17(18)22)28-19(26)10-7-15-5-2-4-14-6-3-11-24-20(14)15/h2-13H,1H3,(H,25,27)/b10-7+. The molecule has 0 aliphatic rings. The van der Waals surface area contributed by atoms with E-state index < -0.39 is 23.8 Å². The first-order valence-electron chi connectivity index (χ1n) is 8.42. The van der Waals surface area contributed by atoms with Gasteiger partial charge in [-0.2, -0.15) is 0 Å². The average molecular weight is 399 g/mol. The van der Waals surface area contributed by atoms with Crippen LogP contribution in [0.25, 0.3) is 17.0 Å². The number of hydrogen-bond donors (Lipinski definition) is 1. The fourth-order valence-corrected chi connectivity index (χ4v) is 2.73. The second-order valence-electron chi connectivity index (χ2n) is 5.95. The molecule has 0 fully saturated rings. The fraction of sp³-hybridized carbons (Fsp3) is 0.0952. The number of hydrogen-bond acceptors (Lipinski definition) is 4. The van der Waals surface area contributed by atoms with E-state index in [-0.39, 0.29) is 10.7 Å². The zero-order chi connectivity index (χ0) is 20.1. The molecule has 3 aromatic rings. The van der Waals surface area contributed by atoms with Gasteiger partial charge >= 0.3 is 5.97 Å². The number of nitrogens with zero attached hydrogens (tertiary/aromatic N) is 1. The van der Waals surface area contributed by atoms with Gasteiger partial charge in [0.2, 0.25) is 0 Å². The molecule has 1 heterocycles. The molecular formula is C21H16ClFN2O3. The average Bonchev–Trinajstić information content (AvgIpc) is 2.68. The Hall–Kier alpha value is -3.25. The van der Waals surface area contributed by atoms with Gasteiger partial charge in [0.25, 0.3) is 5.91 Å². The lowest BCUT2D eigenvalue weighted by Gasteiger charge is -2.13. The van der Waals surface area contributed by atoms with Crippen molar-refractivity contribution in [3.05, 3.63) is 77.2 Å². The lowest BCUT2D eigenvalue weighted by atomic mass is 10.1. The lowest BCUT2D eigenvalue weighted by Crippen LogP contribution is -2.29. The predicted octanol–water partition coefficient (Wildman–Crippen LogP) is 4.61. The van der Waals surface area contributed by atoms with Crippen LogP contribution >= 0.6 is 11.6 Å². The molecule has 1 aromatic heterocycles. The first-order chi connectivity index (χ1) is 13.4. The van der Waals surface area contributed by atoms with Crippen LogP contribution in [0, 0.1) is 5.82 Å². The monoisotopic (exact) mass is 398 g/mol. The second kappa shape index (κ2) is 8.63. The number of pyridine rings is 1. The van der Waals surface area contributed by atoms with Crippen molar-refractivity contribution in [2.24, 2.45) is 0 Å². The van der Waals surface area contributed by atoms with Gasteiger partial charge in [-0.05, 0) is 37.3 Å². The van der Waals surface area contributed by atoms with Crippen molar-refractivity contribution < 1.29 is 18.7 Å². The highest BCUT2D eigenvalue weighted by Gasteiger charge is 2.18. The minimum atomic E-state index is -1.07. The van der Waals surface area contributed by atoms with Crippen LogP contribution in [0.5, 0.6) is 0 Å². The molecule has 1 N–H and O–H groups in total. The molecule has 5 nitrogen and oxygen atoms in total. The molecule has 1 unspecified atom stereocenters. The van der Waals surface area contributed by atoms with Crippen LogP contribution in [-0.4, -0.2) is 23.0 Å². The number of fused-ring (bicyclic) bond motifs is 1. The Balaban J connectivity index is 1.63. The summed E-state index contributed by atoms with van der Waals surface area (Å²) in [6.45, 7) is 1.43. The summed E-state index contributed by atoms with van der Waals surface area (Å²) in [5.74, 6) is -1.78. The minimum absolute atomic E-state index is 0.0511. The number of esters is 1. The van der Waals surface area contributed by atoms with Gasteiger partial charge in [-0.3, -0.25) is 9.78 Å². The molecule has 0 spiro atoms. The van der Waals surface area contributed by atoms with Crippen LogP contribution in [0.15, 0.2) is 60.8 Å². The molecule has 0 aliphatic heterocycles. The maximum atomic E-state index is 13.1. The Bertz CT molecular complexity index is 1060. The third-order valence-electron chi connectivity index (χ3n) is 3.91. The maximum absolute atomic E-state index is 13.1. The molecule has 0 saturated carbocycles. The van der Waals surface area contributed by atoms with Crippen molar-refractivity contribution in [3.8, 4) is 0 Å². The van der Waals surface area contributed by atoms with Gasteiger partial charge in [0.05, 0.1) is 16.2 Å². The Kier molecular flexibility index (Phi) is 6.01. The molecule has 0 radical (unpaired) electrons. The van der Waals surface area contributed by atoms with Gasteiger partial charge < -0.3 is 10.1 Å². The van der Waals surface area contributed by atoms with Gasteiger partial charge in [-0.25, -0.2) is 9.18 Å². The molecule has 28 heavy (non-hydrogen) atoms. The molecule has 7 heteroatoms. The van der Waals surface area contributed by atoms with Crippen molar-refractivity contribution in [1.29, 1.82) is 0 Å². The number of rotatable bonds is 5. The number of anilines is 1. The Morgan fingerprint density at radius 2 is 2.00 bits per heavy atom. The van der Waals surface area contributed by atoms with Crippen molar-refractivity contribution in [3.63, 3.8) is 0 Å². The molecule has 0 saturated heterocycles. The van der Waals surface area contributed by atoms with Crippen LogP contribution in [0.1, 0.15) is 12.5 Å². The molecule has 0 bridgehead atoms. The number of ether oxygens (including phenoxy) is 1. The third-order valence-corrected chi connectivity index (χ3v) is 4.23. The van der Waals surface area contributed by atoms with Crippen LogP contribution in [0.2, 0.25) is 5.02 Å². The van der Waals surface area contributed by atoms with E-state index in [2.05, 4.69) is 10.3 Å². The van der Waals surface area contributed by atoms with Crippen LogP contribution in [0.3, 0.4) is 0 Å². The highest BCUT2D eigenvalue weighted by Crippen LogP contribution is 2.22. The zero-order valence-electron chi connectivity index (χ0n) is 14.9. The van der Waals surface area contributed by atoms with Crippen molar-refractivity contribution in [1.82, 2.24) is 4.98 Å². The summed E-state index contributed by atoms with van der Waals surface area (Å²) < 4.78 is 18.2. The fourth-order valence-electron chi connectivity index (χ4n) is 2.51. The molecule has 3 rings (SSSR count). The summed E-state index contributed by atoms with van der Waals surface area (Å²) in [6.07, 6.45) is 3.42. The number of para-hydroxylation sites is 1. The number of aromatic nitrogens is 1. The number of carbonyl (C=O) groups is 2. The smallest absolute Gasteiger partial charge is 0.331 e. The van der Waals surface area contributed by atoms with Crippen LogP contribution in [-0.2, 0) is 14.3 Å². The SMILES string of the molecule is CC(OC(=O)/C=C/c1cccc2cccnc12)C(=O)Nc1ccc(F)cc1Cl. The molecule has 2 aromatic carbocycles. The summed E-state index contributed by atoms with van der Waals surface area (Å²) in [6, 6.07) is 12.9. The quantitative estimate of drug-likeness (QED) is 0.503. The number of carbonyl (C=O) groups excluding carboxylic acids is 2. The molecule has 1 amide bonds. The summed E-state index contributed by atoms with van der Waals surface area (Å²) in [7, 11) is 0. The number of nitrogens with one attached hydrogen (secondary N) is 1. The van der Waals surface area contributed by atoms with Crippen LogP contribution in [0.4, 0.5) is 10.1 Å². The van der Waals surface area contributed by atoms with Crippen molar-refractivity contribution in [2.75, 3.05) is 5.32 Å². The molecular weight excluding hydrogens is 383 g/mol. The lowest BCUT2D eigenvalue weighted by molar-refractivity contribution is -0.148. The van der Waals surface area contributed by atoms with E-state index in [4.69, 9.17) is 16.3 Å². The predicted molar refractivity (Wildman–Crippen MR) is 106 cm³/mol. The first kappa shape index (κ1) is 19.5. The van der Waals surface area contributed by atoms with Gasteiger partial charge in [-0.15, -0.1) is 0 Å². The number of amides is 1. The Morgan fingerprint density at radius 1 is 1.21 bits per heavy atom. The zero-order valence-corrected chi connectivity index (χ0v) is 15.6. The summed E-state index contributed by atoms with van der Waals surface area (Å²) in [5, 5.41) is 3.49. The molecule has 142 valence electrons. The highest BCUT2D eigenvalue weighted by molar-refractivity contribution is 6.33. The summed E-state index contributed by atoms with van der Waals surface area (Å²) in [5.41, 5.74) is 1.74. The van der Waals surface area contributed by atoms with E-state index >= 15 is 0 Å². The van der Waals surface area contributed by atoms with Gasteiger partial charge in [0.15, 0.2) is 6.10 Å². The first-order valence-corrected chi connectivity index (χ1v) is 8.80. The Morgan fingerprint density at radius 3 is 2.79 bits per heavy atom. The molecule has 0 aliphatic carbocycles. The van der Waals surface area contributed by atoms with E-state index in [0.29, 0.717) is 0 Å². The topological polar surface area (TPSA) is 68.3 Å². The number of benzene rings is 2. The summed E-state index contributed by atoms with van der Waals surface area (Å²) >= 11 is 5.87. The minimum Gasteiger partial charge on any atom is -0.449 e. The van der Waals surface area contributed by atoms with E-state index in [1.165, 1.54) is 25.1 Å². The third kappa shape index (κ3) is 4.72. The van der Waals surface area contributed by atoms with E-state index in [1.807, 2.05) is 30.3 Å². The van der Waals surface area contributed by atoms with Gasteiger partial charge in [-0.1, -0.05) is 35.9 Å².